The van der Waals surface area contributed by atoms with E-state index in [0.717, 1.165) is 24.2 Å². The first kappa shape index (κ1) is 15.9. The highest BCUT2D eigenvalue weighted by Gasteiger charge is 2.22. The summed E-state index contributed by atoms with van der Waals surface area (Å²) in [6.07, 6.45) is 0.581. The maximum absolute atomic E-state index is 12.1. The highest BCUT2D eigenvalue weighted by atomic mass is 16.6. The molecule has 21 heavy (non-hydrogen) atoms. The summed E-state index contributed by atoms with van der Waals surface area (Å²) in [7, 11) is 0. The normalized spacial score (nSPS) is 20.0. The van der Waals surface area contributed by atoms with Crippen LogP contribution in [-0.2, 0) is 14.3 Å². The molecule has 5 heteroatoms. The molecular formula is C16H24N2O3. The Bertz CT molecular complexity index is 459. The van der Waals surface area contributed by atoms with Gasteiger partial charge in [-0.1, -0.05) is 19.1 Å². The van der Waals surface area contributed by atoms with Gasteiger partial charge in [0.1, 0.15) is 0 Å². The number of ether oxygens (including phenoxy) is 2. The summed E-state index contributed by atoms with van der Waals surface area (Å²) < 4.78 is 10.6. The number of nitrogens with one attached hydrogen (secondary N) is 2. The van der Waals surface area contributed by atoms with E-state index in [1.807, 2.05) is 18.2 Å². The molecule has 1 aliphatic rings. The van der Waals surface area contributed by atoms with E-state index in [1.54, 1.807) is 0 Å². The van der Waals surface area contributed by atoms with Crippen LogP contribution in [-0.4, -0.2) is 38.4 Å². The SMILES string of the molecule is CCCNC(C)c1cccc(NC(=O)C2COCCO2)c1. The van der Waals surface area contributed by atoms with Crippen molar-refractivity contribution in [3.63, 3.8) is 0 Å². The first-order valence-corrected chi connectivity index (χ1v) is 7.54. The number of hydrogen-bond acceptors (Lipinski definition) is 4. The average Bonchev–Trinajstić information content (AvgIpc) is 2.53. The predicted molar refractivity (Wildman–Crippen MR) is 82.3 cm³/mol. The highest BCUT2D eigenvalue weighted by molar-refractivity contribution is 5.94. The van der Waals surface area contributed by atoms with E-state index in [2.05, 4.69) is 30.5 Å². The quantitative estimate of drug-likeness (QED) is 0.843. The lowest BCUT2D eigenvalue weighted by atomic mass is 10.1. The van der Waals surface area contributed by atoms with Crippen LogP contribution in [0.25, 0.3) is 0 Å². The van der Waals surface area contributed by atoms with Gasteiger partial charge >= 0.3 is 0 Å². The van der Waals surface area contributed by atoms with Gasteiger partial charge in [0.05, 0.1) is 19.8 Å². The second kappa shape index (κ2) is 8.12. The third-order valence-corrected chi connectivity index (χ3v) is 3.46. The third kappa shape index (κ3) is 4.81. The van der Waals surface area contributed by atoms with Gasteiger partial charge in [-0.15, -0.1) is 0 Å². The molecule has 0 aliphatic carbocycles. The van der Waals surface area contributed by atoms with Crippen LogP contribution in [0.15, 0.2) is 24.3 Å². The van der Waals surface area contributed by atoms with Crippen molar-refractivity contribution in [3.05, 3.63) is 29.8 Å². The molecule has 116 valence electrons. The number of rotatable bonds is 6. The molecule has 0 saturated carbocycles. The number of carbonyl (C=O) groups is 1. The lowest BCUT2D eigenvalue weighted by Gasteiger charge is -2.22. The van der Waals surface area contributed by atoms with Crippen LogP contribution < -0.4 is 10.6 Å². The monoisotopic (exact) mass is 292 g/mol. The molecule has 1 amide bonds. The van der Waals surface area contributed by atoms with Gasteiger partial charge in [0.15, 0.2) is 6.10 Å². The van der Waals surface area contributed by atoms with E-state index in [1.165, 1.54) is 0 Å². The molecule has 2 N–H and O–H groups in total. The number of hydrogen-bond donors (Lipinski definition) is 2. The van der Waals surface area contributed by atoms with Gasteiger partial charge in [-0.05, 0) is 37.6 Å². The van der Waals surface area contributed by atoms with E-state index in [4.69, 9.17) is 9.47 Å². The van der Waals surface area contributed by atoms with Gasteiger partial charge in [-0.25, -0.2) is 0 Å². The lowest BCUT2D eigenvalue weighted by molar-refractivity contribution is -0.142. The van der Waals surface area contributed by atoms with Crippen molar-refractivity contribution in [1.82, 2.24) is 5.32 Å². The van der Waals surface area contributed by atoms with E-state index >= 15 is 0 Å². The number of anilines is 1. The first-order valence-electron chi connectivity index (χ1n) is 7.54. The zero-order chi connectivity index (χ0) is 15.1. The Labute approximate surface area is 126 Å². The van der Waals surface area contributed by atoms with Crippen molar-refractivity contribution in [2.24, 2.45) is 0 Å². The molecule has 1 aromatic carbocycles. The van der Waals surface area contributed by atoms with E-state index in [-0.39, 0.29) is 11.9 Å². The van der Waals surface area contributed by atoms with Gasteiger partial charge in [-0.3, -0.25) is 4.79 Å². The maximum Gasteiger partial charge on any atom is 0.255 e. The fourth-order valence-corrected chi connectivity index (χ4v) is 2.23. The van der Waals surface area contributed by atoms with Crippen molar-refractivity contribution >= 4 is 11.6 Å². The van der Waals surface area contributed by atoms with Crippen molar-refractivity contribution < 1.29 is 14.3 Å². The molecule has 1 fully saturated rings. The van der Waals surface area contributed by atoms with E-state index in [0.29, 0.717) is 19.8 Å². The standard InChI is InChI=1S/C16H24N2O3/c1-3-7-17-12(2)13-5-4-6-14(10-13)18-16(19)15-11-20-8-9-21-15/h4-6,10,12,15,17H,3,7-9,11H2,1-2H3,(H,18,19). The fraction of sp³-hybridized carbons (Fsp3) is 0.562. The Hall–Kier alpha value is -1.43. The summed E-state index contributed by atoms with van der Waals surface area (Å²) in [5.74, 6) is -0.152. The summed E-state index contributed by atoms with van der Waals surface area (Å²) in [6.45, 7) is 6.58. The molecule has 5 nitrogen and oxygen atoms in total. The Morgan fingerprint density at radius 2 is 2.29 bits per heavy atom. The van der Waals surface area contributed by atoms with Crippen molar-refractivity contribution in [2.45, 2.75) is 32.4 Å². The minimum Gasteiger partial charge on any atom is -0.376 e. The molecule has 2 rings (SSSR count). The Morgan fingerprint density at radius 1 is 1.43 bits per heavy atom. The van der Waals surface area contributed by atoms with Crippen LogP contribution in [0.5, 0.6) is 0 Å². The van der Waals surface area contributed by atoms with Gasteiger partial charge in [0.2, 0.25) is 0 Å². The minimum absolute atomic E-state index is 0.152. The minimum atomic E-state index is -0.516. The zero-order valence-electron chi connectivity index (χ0n) is 12.7. The number of benzene rings is 1. The predicted octanol–water partition coefficient (Wildman–Crippen LogP) is 2.10. The van der Waals surface area contributed by atoms with Gasteiger partial charge in [0, 0.05) is 11.7 Å². The highest BCUT2D eigenvalue weighted by Crippen LogP contribution is 2.18. The molecule has 0 aromatic heterocycles. The van der Waals surface area contributed by atoms with Crippen LogP contribution >= 0.6 is 0 Å². The largest absolute Gasteiger partial charge is 0.376 e. The van der Waals surface area contributed by atoms with Crippen LogP contribution in [0.4, 0.5) is 5.69 Å². The first-order chi connectivity index (χ1) is 10.2. The molecule has 1 aromatic rings. The van der Waals surface area contributed by atoms with Gasteiger partial charge in [0.25, 0.3) is 5.91 Å². The van der Waals surface area contributed by atoms with E-state index < -0.39 is 6.10 Å². The second-order valence-corrected chi connectivity index (χ2v) is 5.22. The van der Waals surface area contributed by atoms with Gasteiger partial charge < -0.3 is 20.1 Å². The molecule has 2 unspecified atom stereocenters. The Balaban J connectivity index is 1.95. The van der Waals surface area contributed by atoms with Crippen molar-refractivity contribution in [1.29, 1.82) is 0 Å². The molecule has 1 aliphatic heterocycles. The molecular weight excluding hydrogens is 268 g/mol. The van der Waals surface area contributed by atoms with Crippen LogP contribution in [0.2, 0.25) is 0 Å². The number of amides is 1. The summed E-state index contributed by atoms with van der Waals surface area (Å²) >= 11 is 0. The summed E-state index contributed by atoms with van der Waals surface area (Å²) in [5, 5.41) is 6.33. The van der Waals surface area contributed by atoms with Crippen LogP contribution in [0.1, 0.15) is 31.9 Å². The summed E-state index contributed by atoms with van der Waals surface area (Å²) in [6, 6.07) is 8.15. The van der Waals surface area contributed by atoms with Gasteiger partial charge in [-0.2, -0.15) is 0 Å². The maximum atomic E-state index is 12.1. The molecule has 1 saturated heterocycles. The zero-order valence-corrected chi connectivity index (χ0v) is 12.7. The molecule has 1 heterocycles. The van der Waals surface area contributed by atoms with Crippen molar-refractivity contribution in [2.75, 3.05) is 31.7 Å². The van der Waals surface area contributed by atoms with E-state index in [9.17, 15) is 4.79 Å². The second-order valence-electron chi connectivity index (χ2n) is 5.22. The molecule has 0 spiro atoms. The fourth-order valence-electron chi connectivity index (χ4n) is 2.23. The Morgan fingerprint density at radius 3 is 3.00 bits per heavy atom. The molecule has 2 atom stereocenters. The molecule has 0 bridgehead atoms. The average molecular weight is 292 g/mol. The summed E-state index contributed by atoms with van der Waals surface area (Å²) in [5.41, 5.74) is 1.94. The topological polar surface area (TPSA) is 59.6 Å². The number of carbonyl (C=O) groups excluding carboxylic acids is 1. The third-order valence-electron chi connectivity index (χ3n) is 3.46. The Kier molecular flexibility index (Phi) is 6.17. The summed E-state index contributed by atoms with van der Waals surface area (Å²) in [4.78, 5) is 12.1. The van der Waals surface area contributed by atoms with Crippen molar-refractivity contribution in [3.8, 4) is 0 Å². The van der Waals surface area contributed by atoms with Crippen LogP contribution in [0, 0.1) is 0 Å². The smallest absolute Gasteiger partial charge is 0.255 e. The lowest BCUT2D eigenvalue weighted by Crippen LogP contribution is -2.39. The molecule has 0 radical (unpaired) electrons. The van der Waals surface area contributed by atoms with Crippen LogP contribution in [0.3, 0.4) is 0 Å².